The molecule has 1 aromatic carbocycles. The summed E-state index contributed by atoms with van der Waals surface area (Å²) in [6.45, 7) is 11.3. The lowest BCUT2D eigenvalue weighted by atomic mass is 9.66. The van der Waals surface area contributed by atoms with Crippen molar-refractivity contribution in [3.05, 3.63) is 29.8 Å². The van der Waals surface area contributed by atoms with Crippen molar-refractivity contribution in [2.24, 2.45) is 23.2 Å². The maximum absolute atomic E-state index is 13.1. The number of ether oxygens (including phenoxy) is 5. The summed E-state index contributed by atoms with van der Waals surface area (Å²) in [6.07, 6.45) is -2.25. The van der Waals surface area contributed by atoms with Crippen molar-refractivity contribution in [1.29, 1.82) is 0 Å². The highest BCUT2D eigenvalue weighted by Crippen LogP contribution is 2.57. The van der Waals surface area contributed by atoms with Gasteiger partial charge in [0, 0.05) is 30.8 Å². The van der Waals surface area contributed by atoms with E-state index in [2.05, 4.69) is 6.92 Å². The van der Waals surface area contributed by atoms with Gasteiger partial charge in [0.2, 0.25) is 0 Å². The highest BCUT2D eigenvalue weighted by Gasteiger charge is 2.64. The summed E-state index contributed by atoms with van der Waals surface area (Å²) >= 11 is 0. The molecule has 3 N–H and O–H groups in total. The van der Waals surface area contributed by atoms with Crippen LogP contribution in [0.5, 0.6) is 5.75 Å². The Labute approximate surface area is 248 Å². The Hall–Kier alpha value is -2.24. The molecule has 3 bridgehead atoms. The van der Waals surface area contributed by atoms with Crippen LogP contribution >= 0.6 is 0 Å². The number of esters is 2. The Morgan fingerprint density at radius 2 is 1.79 bits per heavy atom. The van der Waals surface area contributed by atoms with Gasteiger partial charge < -0.3 is 39.0 Å². The normalized spacial score (nSPS) is 37.3. The molecule has 3 heterocycles. The average Bonchev–Trinajstić information content (AvgIpc) is 2.88. The van der Waals surface area contributed by atoms with Gasteiger partial charge in [-0.25, -0.2) is 0 Å². The molecule has 3 aliphatic rings. The number of hydrogen-bond donors (Lipinski definition) is 3. The average molecular weight is 593 g/mol. The van der Waals surface area contributed by atoms with Gasteiger partial charge in [0.15, 0.2) is 11.6 Å². The van der Waals surface area contributed by atoms with Gasteiger partial charge in [0.05, 0.1) is 31.2 Å². The number of rotatable bonds is 7. The quantitative estimate of drug-likeness (QED) is 0.391. The number of aliphatic hydroxyl groups excluding tert-OH is 1. The van der Waals surface area contributed by atoms with Crippen LogP contribution in [0, 0.1) is 23.2 Å². The highest BCUT2D eigenvalue weighted by atomic mass is 16.8. The van der Waals surface area contributed by atoms with Gasteiger partial charge >= 0.3 is 11.9 Å². The molecule has 0 aromatic heterocycles. The molecule has 3 saturated heterocycles. The molecule has 10 nitrogen and oxygen atoms in total. The SMILES string of the molecule is COC(CCC(C)C1O[C@]23CC(OC(=O)CC(C(C)O)OC(=O)C[C@](O)(O2)[C@H](C)CC3(C)C)C1C)c1cccc(O)c1. The number of benzene rings is 1. The van der Waals surface area contributed by atoms with Gasteiger partial charge in [-0.3, -0.25) is 9.59 Å². The summed E-state index contributed by atoms with van der Waals surface area (Å²) in [5.41, 5.74) is 0.268. The topological polar surface area (TPSA) is 141 Å². The molecule has 236 valence electrons. The van der Waals surface area contributed by atoms with Crippen molar-refractivity contribution >= 4 is 11.9 Å². The first-order valence-corrected chi connectivity index (χ1v) is 15.1. The summed E-state index contributed by atoms with van der Waals surface area (Å²) in [7, 11) is 1.64. The van der Waals surface area contributed by atoms with Crippen molar-refractivity contribution in [2.75, 3.05) is 7.11 Å². The van der Waals surface area contributed by atoms with Crippen LogP contribution in [0.3, 0.4) is 0 Å². The van der Waals surface area contributed by atoms with Crippen molar-refractivity contribution in [1.82, 2.24) is 0 Å². The third-order valence-electron chi connectivity index (χ3n) is 9.70. The molecule has 1 spiro atoms. The first-order valence-electron chi connectivity index (χ1n) is 15.1. The van der Waals surface area contributed by atoms with Gasteiger partial charge in [-0.2, -0.15) is 0 Å². The molecule has 0 amide bonds. The highest BCUT2D eigenvalue weighted by molar-refractivity contribution is 5.73. The Bertz CT molecular complexity index is 1120. The summed E-state index contributed by atoms with van der Waals surface area (Å²) in [5.74, 6) is -5.11. The standard InChI is InChI=1S/C32H48O10/c1-18(11-12-24(38-7)22-9-8-10-23(34)13-22)29-20(3)26-16-32(41-29)30(5,6)15-19(2)31(37,42-32)17-28(36)39-25(21(4)33)14-27(35)40-26/h8-10,13,18-21,24-26,29,33-34,37H,11-12,14-17H2,1-7H3/t18?,19-,20?,21?,24?,25?,26?,29?,31+,32-/m1/s1. The Kier molecular flexibility index (Phi) is 9.65. The molecule has 1 aromatic rings. The fourth-order valence-corrected chi connectivity index (χ4v) is 6.97. The van der Waals surface area contributed by atoms with Crippen LogP contribution in [0.1, 0.15) is 91.7 Å². The van der Waals surface area contributed by atoms with Gasteiger partial charge in [-0.05, 0) is 49.8 Å². The monoisotopic (exact) mass is 592 g/mol. The molecule has 42 heavy (non-hydrogen) atoms. The second-order valence-corrected chi connectivity index (χ2v) is 13.4. The molecular formula is C32H48O10. The Balaban J connectivity index is 1.66. The number of methoxy groups -OCH3 is 1. The molecule has 10 atom stereocenters. The van der Waals surface area contributed by atoms with E-state index in [0.29, 0.717) is 19.3 Å². The lowest BCUT2D eigenvalue weighted by Gasteiger charge is -2.61. The van der Waals surface area contributed by atoms with Crippen LogP contribution in [-0.2, 0) is 33.3 Å². The lowest BCUT2D eigenvalue weighted by molar-refractivity contribution is -0.452. The maximum Gasteiger partial charge on any atom is 0.311 e. The predicted octanol–water partition coefficient (Wildman–Crippen LogP) is 4.39. The molecule has 3 aliphatic heterocycles. The zero-order valence-electron chi connectivity index (χ0n) is 25.9. The molecule has 3 fully saturated rings. The minimum Gasteiger partial charge on any atom is -0.508 e. The van der Waals surface area contributed by atoms with E-state index >= 15 is 0 Å². The van der Waals surface area contributed by atoms with Crippen LogP contribution < -0.4 is 0 Å². The maximum atomic E-state index is 13.1. The number of fused-ring (bicyclic) bond motifs is 2. The third-order valence-corrected chi connectivity index (χ3v) is 9.70. The second-order valence-electron chi connectivity index (χ2n) is 13.4. The lowest BCUT2D eigenvalue weighted by Crippen LogP contribution is -2.68. The van der Waals surface area contributed by atoms with Crippen molar-refractivity contribution in [3.8, 4) is 5.75 Å². The number of phenolic OH excluding ortho intramolecular Hbond substituents is 1. The molecule has 4 rings (SSSR count). The smallest absolute Gasteiger partial charge is 0.311 e. The van der Waals surface area contributed by atoms with Crippen molar-refractivity contribution in [2.45, 2.75) is 122 Å². The molecule has 0 saturated carbocycles. The first kappa shape index (κ1) is 32.7. The molecule has 7 unspecified atom stereocenters. The summed E-state index contributed by atoms with van der Waals surface area (Å²) < 4.78 is 30.6. The van der Waals surface area contributed by atoms with E-state index < -0.39 is 65.7 Å². The number of carbonyl (C=O) groups excluding carboxylic acids is 2. The third kappa shape index (κ3) is 6.63. The van der Waals surface area contributed by atoms with Gasteiger partial charge in [-0.1, -0.05) is 46.8 Å². The second kappa shape index (κ2) is 12.4. The van der Waals surface area contributed by atoms with E-state index in [0.717, 1.165) is 5.56 Å². The minimum absolute atomic E-state index is 0.0386. The van der Waals surface area contributed by atoms with Crippen LogP contribution in [0.25, 0.3) is 0 Å². The zero-order valence-corrected chi connectivity index (χ0v) is 25.9. The van der Waals surface area contributed by atoms with E-state index in [1.165, 1.54) is 6.92 Å². The number of aliphatic hydroxyl groups is 2. The molecule has 0 radical (unpaired) electrons. The van der Waals surface area contributed by atoms with E-state index in [1.54, 1.807) is 25.3 Å². The van der Waals surface area contributed by atoms with Crippen LogP contribution in [0.2, 0.25) is 0 Å². The number of aromatic hydroxyl groups is 1. The number of cyclic esters (lactones) is 1. The van der Waals surface area contributed by atoms with E-state index in [4.69, 9.17) is 23.7 Å². The van der Waals surface area contributed by atoms with Crippen LogP contribution in [0.4, 0.5) is 0 Å². The molecule has 0 aliphatic carbocycles. The largest absolute Gasteiger partial charge is 0.508 e. The number of carbonyl (C=O) groups is 2. The summed E-state index contributed by atoms with van der Waals surface area (Å²) in [5, 5.41) is 32.0. The zero-order chi connectivity index (χ0) is 31.0. The molecular weight excluding hydrogens is 544 g/mol. The van der Waals surface area contributed by atoms with E-state index in [-0.39, 0.29) is 36.5 Å². The van der Waals surface area contributed by atoms with Crippen molar-refractivity contribution < 1.29 is 48.6 Å². The Morgan fingerprint density at radius 3 is 2.43 bits per heavy atom. The Morgan fingerprint density at radius 1 is 1.07 bits per heavy atom. The fraction of sp³-hybridized carbons (Fsp3) is 0.750. The fourth-order valence-electron chi connectivity index (χ4n) is 6.97. The summed E-state index contributed by atoms with van der Waals surface area (Å²) in [4.78, 5) is 26.1. The number of phenols is 1. The van der Waals surface area contributed by atoms with Crippen LogP contribution in [0.15, 0.2) is 24.3 Å². The minimum atomic E-state index is -1.88. The first-order chi connectivity index (χ1) is 19.6. The van der Waals surface area contributed by atoms with E-state index in [9.17, 15) is 24.9 Å². The van der Waals surface area contributed by atoms with Crippen LogP contribution in [-0.4, -0.2) is 70.4 Å². The van der Waals surface area contributed by atoms with Gasteiger partial charge in [0.25, 0.3) is 0 Å². The van der Waals surface area contributed by atoms with Gasteiger partial charge in [-0.15, -0.1) is 0 Å². The molecule has 10 heteroatoms. The summed E-state index contributed by atoms with van der Waals surface area (Å²) in [6, 6.07) is 7.01. The van der Waals surface area contributed by atoms with E-state index in [1.807, 2.05) is 33.8 Å². The van der Waals surface area contributed by atoms with Crippen molar-refractivity contribution in [3.63, 3.8) is 0 Å². The number of hydrogen-bond acceptors (Lipinski definition) is 10. The van der Waals surface area contributed by atoms with Gasteiger partial charge in [0.1, 0.15) is 18.0 Å². The predicted molar refractivity (Wildman–Crippen MR) is 152 cm³/mol.